The average Bonchev–Trinajstić information content (AvgIpc) is 3.19. The van der Waals surface area contributed by atoms with E-state index < -0.39 is 15.3 Å². The first-order valence-corrected chi connectivity index (χ1v) is 8.37. The number of sulfonamides is 1. The summed E-state index contributed by atoms with van der Waals surface area (Å²) in [6, 6.07) is 7.75. The fraction of sp³-hybridized carbons (Fsp3) is 0.538. The van der Waals surface area contributed by atoms with E-state index in [0.717, 1.165) is 18.4 Å². The van der Waals surface area contributed by atoms with E-state index in [1.54, 1.807) is 13.0 Å². The van der Waals surface area contributed by atoms with Crippen molar-refractivity contribution in [1.29, 1.82) is 0 Å². The van der Waals surface area contributed by atoms with Gasteiger partial charge >= 0.3 is 0 Å². The number of benzene rings is 1. The number of rotatable bonds is 7. The van der Waals surface area contributed by atoms with Crippen LogP contribution in [0.4, 0.5) is 0 Å². The van der Waals surface area contributed by atoms with Crippen molar-refractivity contribution in [3.8, 4) is 0 Å². The molecule has 2 N–H and O–H groups in total. The van der Waals surface area contributed by atoms with Crippen LogP contribution in [0.15, 0.2) is 24.3 Å². The molecule has 1 fully saturated rings. The van der Waals surface area contributed by atoms with Crippen LogP contribution in [0.5, 0.6) is 0 Å². The first-order valence-electron chi connectivity index (χ1n) is 6.44. The summed E-state index contributed by atoms with van der Waals surface area (Å²) in [6.45, 7) is 2.43. The number of hydrogen-bond donors (Lipinski definition) is 2. The quantitative estimate of drug-likeness (QED) is 0.809. The average molecular weight is 303 g/mol. The summed E-state index contributed by atoms with van der Waals surface area (Å²) in [7, 11) is -3.31. The highest BCUT2D eigenvalue weighted by atomic mass is 35.5. The van der Waals surface area contributed by atoms with Crippen molar-refractivity contribution in [3.63, 3.8) is 0 Å². The minimum atomic E-state index is -3.31. The van der Waals surface area contributed by atoms with Gasteiger partial charge in [0.25, 0.3) is 0 Å². The molecule has 1 aromatic carbocycles. The number of hydrogen-bond acceptors (Lipinski definition) is 3. The second-order valence-corrected chi connectivity index (χ2v) is 7.54. The lowest BCUT2D eigenvalue weighted by atomic mass is 10.2. The third-order valence-electron chi connectivity index (χ3n) is 3.22. The Balaban J connectivity index is 1.87. The largest absolute Gasteiger partial charge is 0.313 e. The molecular weight excluding hydrogens is 284 g/mol. The highest BCUT2D eigenvalue weighted by Gasteiger charge is 2.25. The van der Waals surface area contributed by atoms with Gasteiger partial charge in [0.2, 0.25) is 10.0 Å². The third-order valence-corrected chi connectivity index (χ3v) is 5.36. The van der Waals surface area contributed by atoms with E-state index in [9.17, 15) is 8.42 Å². The predicted molar refractivity (Wildman–Crippen MR) is 77.7 cm³/mol. The molecule has 0 heterocycles. The molecule has 0 radical (unpaired) electrons. The summed E-state index contributed by atoms with van der Waals surface area (Å²) < 4.78 is 26.7. The van der Waals surface area contributed by atoms with Crippen LogP contribution < -0.4 is 10.0 Å². The van der Waals surface area contributed by atoms with Crippen LogP contribution in [0.2, 0.25) is 5.02 Å². The van der Waals surface area contributed by atoms with Crippen molar-refractivity contribution in [3.05, 3.63) is 34.9 Å². The van der Waals surface area contributed by atoms with Crippen molar-refractivity contribution in [1.82, 2.24) is 10.0 Å². The second kappa shape index (κ2) is 6.22. The molecule has 0 aromatic heterocycles. The minimum Gasteiger partial charge on any atom is -0.313 e. The maximum absolute atomic E-state index is 12.1. The highest BCUT2D eigenvalue weighted by molar-refractivity contribution is 7.90. The lowest BCUT2D eigenvalue weighted by molar-refractivity contribution is 0.557. The van der Waals surface area contributed by atoms with Gasteiger partial charge in [-0.1, -0.05) is 29.8 Å². The van der Waals surface area contributed by atoms with Gasteiger partial charge in [-0.05, 0) is 31.4 Å². The Morgan fingerprint density at radius 3 is 2.68 bits per heavy atom. The monoisotopic (exact) mass is 302 g/mol. The van der Waals surface area contributed by atoms with Gasteiger partial charge in [0.15, 0.2) is 0 Å². The highest BCUT2D eigenvalue weighted by Crippen LogP contribution is 2.19. The Kier molecular flexibility index (Phi) is 4.84. The Labute approximate surface area is 119 Å². The van der Waals surface area contributed by atoms with E-state index in [0.29, 0.717) is 17.6 Å². The molecule has 1 atom stereocenters. The Bertz CT molecular complexity index is 529. The van der Waals surface area contributed by atoms with E-state index in [1.807, 2.05) is 18.2 Å². The molecule has 0 amide bonds. The van der Waals surface area contributed by atoms with Crippen LogP contribution in [0.25, 0.3) is 0 Å². The molecule has 6 heteroatoms. The van der Waals surface area contributed by atoms with Crippen LogP contribution in [-0.4, -0.2) is 26.3 Å². The molecular formula is C13H19ClN2O2S. The van der Waals surface area contributed by atoms with E-state index >= 15 is 0 Å². The molecule has 1 aliphatic carbocycles. The summed E-state index contributed by atoms with van der Waals surface area (Å²) in [5.41, 5.74) is 0.787. The predicted octanol–water partition coefficient (Wildman–Crippen LogP) is 1.90. The molecule has 0 aliphatic heterocycles. The SMILES string of the molecule is CC(CNC1CC1)S(=O)(=O)NCc1ccccc1Cl. The van der Waals surface area contributed by atoms with Crippen LogP contribution in [0.1, 0.15) is 25.3 Å². The normalized spacial score (nSPS) is 17.4. The third kappa shape index (κ3) is 4.45. The molecule has 19 heavy (non-hydrogen) atoms. The Morgan fingerprint density at radius 2 is 2.05 bits per heavy atom. The van der Waals surface area contributed by atoms with Gasteiger partial charge in [-0.15, -0.1) is 0 Å². The summed E-state index contributed by atoms with van der Waals surface area (Å²) in [5.74, 6) is 0. The fourth-order valence-corrected chi connectivity index (χ4v) is 2.85. The molecule has 2 rings (SSSR count). The lowest BCUT2D eigenvalue weighted by Crippen LogP contribution is -2.39. The fourth-order valence-electron chi connectivity index (χ4n) is 1.69. The van der Waals surface area contributed by atoms with Gasteiger partial charge in [0, 0.05) is 24.2 Å². The van der Waals surface area contributed by atoms with Crippen molar-refractivity contribution < 1.29 is 8.42 Å². The van der Waals surface area contributed by atoms with Crippen LogP contribution in [0, 0.1) is 0 Å². The van der Waals surface area contributed by atoms with Crippen LogP contribution >= 0.6 is 11.6 Å². The smallest absolute Gasteiger partial charge is 0.215 e. The molecule has 1 saturated carbocycles. The first-order chi connectivity index (χ1) is 8.99. The zero-order valence-corrected chi connectivity index (χ0v) is 12.5. The molecule has 106 valence electrons. The van der Waals surface area contributed by atoms with Crippen molar-refractivity contribution >= 4 is 21.6 Å². The molecule has 0 saturated heterocycles. The van der Waals surface area contributed by atoms with Gasteiger partial charge in [-0.3, -0.25) is 0 Å². The van der Waals surface area contributed by atoms with E-state index in [1.165, 1.54) is 0 Å². The molecule has 4 nitrogen and oxygen atoms in total. The van der Waals surface area contributed by atoms with Gasteiger partial charge in [-0.2, -0.15) is 0 Å². The summed E-state index contributed by atoms with van der Waals surface area (Å²) >= 11 is 6.00. The topological polar surface area (TPSA) is 58.2 Å². The van der Waals surface area contributed by atoms with E-state index in [4.69, 9.17) is 11.6 Å². The molecule has 1 aromatic rings. The van der Waals surface area contributed by atoms with Crippen molar-refractivity contribution in [2.24, 2.45) is 0 Å². The lowest BCUT2D eigenvalue weighted by Gasteiger charge is -2.15. The Hall–Kier alpha value is -0.620. The van der Waals surface area contributed by atoms with E-state index in [-0.39, 0.29) is 6.54 Å². The molecule has 0 spiro atoms. The van der Waals surface area contributed by atoms with Crippen LogP contribution in [0.3, 0.4) is 0 Å². The Morgan fingerprint density at radius 1 is 1.37 bits per heavy atom. The second-order valence-electron chi connectivity index (χ2n) is 4.95. The van der Waals surface area contributed by atoms with Gasteiger partial charge in [0.1, 0.15) is 0 Å². The first kappa shape index (κ1) is 14.8. The number of halogens is 1. The zero-order chi connectivity index (χ0) is 13.9. The summed E-state index contributed by atoms with van der Waals surface area (Å²) in [5, 5.41) is 3.36. The van der Waals surface area contributed by atoms with E-state index in [2.05, 4.69) is 10.0 Å². The minimum absolute atomic E-state index is 0.232. The zero-order valence-electron chi connectivity index (χ0n) is 10.9. The molecule has 0 bridgehead atoms. The maximum atomic E-state index is 12.1. The van der Waals surface area contributed by atoms with Crippen LogP contribution in [-0.2, 0) is 16.6 Å². The van der Waals surface area contributed by atoms with Gasteiger partial charge < -0.3 is 5.32 Å². The summed E-state index contributed by atoms with van der Waals surface area (Å²) in [6.07, 6.45) is 2.31. The summed E-state index contributed by atoms with van der Waals surface area (Å²) in [4.78, 5) is 0. The molecule has 1 aliphatic rings. The van der Waals surface area contributed by atoms with Gasteiger partial charge in [-0.25, -0.2) is 13.1 Å². The maximum Gasteiger partial charge on any atom is 0.215 e. The number of nitrogens with one attached hydrogen (secondary N) is 2. The standard InChI is InChI=1S/C13H19ClN2O2S/c1-10(8-15-12-6-7-12)19(17,18)16-9-11-4-2-3-5-13(11)14/h2-5,10,12,15-16H,6-9H2,1H3. The van der Waals surface area contributed by atoms with Crippen molar-refractivity contribution in [2.75, 3.05) is 6.54 Å². The van der Waals surface area contributed by atoms with Gasteiger partial charge in [0.05, 0.1) is 5.25 Å². The van der Waals surface area contributed by atoms with Crippen molar-refractivity contribution in [2.45, 2.75) is 37.6 Å². The molecule has 1 unspecified atom stereocenters.